The first-order valence-corrected chi connectivity index (χ1v) is 6.42. The van der Waals surface area contributed by atoms with Gasteiger partial charge >= 0.3 is 5.69 Å². The summed E-state index contributed by atoms with van der Waals surface area (Å²) >= 11 is 7.48. The van der Waals surface area contributed by atoms with E-state index in [1.807, 2.05) is 13.2 Å². The first-order chi connectivity index (χ1) is 7.56. The number of thioether (sulfide) groups is 1. The van der Waals surface area contributed by atoms with Gasteiger partial charge in [0.1, 0.15) is 10.7 Å². The van der Waals surface area contributed by atoms with E-state index >= 15 is 0 Å². The topological polar surface area (TPSA) is 55.2 Å². The van der Waals surface area contributed by atoms with E-state index < -0.39 is 4.92 Å². The van der Waals surface area contributed by atoms with Crippen molar-refractivity contribution in [2.24, 2.45) is 0 Å². The van der Waals surface area contributed by atoms with E-state index in [0.717, 1.165) is 0 Å². The van der Waals surface area contributed by atoms with Crippen LogP contribution in [-0.4, -0.2) is 23.0 Å². The molecule has 4 nitrogen and oxygen atoms in total. The standard InChI is InChI=1S/C10H13ClN2O2S/c1-7(16-2)6-12-9-5-3-4-8(11)10(9)13(14)15/h3-5,7,12H,6H2,1-2H3. The van der Waals surface area contributed by atoms with Crippen LogP contribution in [0.4, 0.5) is 11.4 Å². The zero-order chi connectivity index (χ0) is 12.1. The minimum Gasteiger partial charge on any atom is -0.378 e. The van der Waals surface area contributed by atoms with Crippen LogP contribution >= 0.6 is 23.4 Å². The molecule has 0 heterocycles. The fourth-order valence-corrected chi connectivity index (χ4v) is 1.67. The molecule has 1 rings (SSSR count). The molecule has 1 aromatic rings. The monoisotopic (exact) mass is 260 g/mol. The van der Waals surface area contributed by atoms with Gasteiger partial charge in [0.15, 0.2) is 0 Å². The molecule has 0 aromatic heterocycles. The molecule has 0 spiro atoms. The lowest BCUT2D eigenvalue weighted by Crippen LogP contribution is -2.13. The molecule has 0 aliphatic carbocycles. The van der Waals surface area contributed by atoms with Crippen molar-refractivity contribution < 1.29 is 4.92 Å². The van der Waals surface area contributed by atoms with Crippen molar-refractivity contribution in [1.82, 2.24) is 0 Å². The van der Waals surface area contributed by atoms with Crippen molar-refractivity contribution in [2.45, 2.75) is 12.2 Å². The van der Waals surface area contributed by atoms with E-state index in [1.54, 1.807) is 23.9 Å². The lowest BCUT2D eigenvalue weighted by molar-refractivity contribution is -0.383. The van der Waals surface area contributed by atoms with Crippen LogP contribution in [0.15, 0.2) is 18.2 Å². The van der Waals surface area contributed by atoms with E-state index in [1.165, 1.54) is 6.07 Å². The third-order valence-electron chi connectivity index (χ3n) is 2.15. The van der Waals surface area contributed by atoms with Crippen LogP contribution in [0.3, 0.4) is 0 Å². The van der Waals surface area contributed by atoms with Crippen LogP contribution in [0, 0.1) is 10.1 Å². The Hall–Kier alpha value is -0.940. The first-order valence-electron chi connectivity index (χ1n) is 4.75. The molecule has 0 aliphatic heterocycles. The Morgan fingerprint density at radius 1 is 1.62 bits per heavy atom. The molecular formula is C10H13ClN2O2S. The second kappa shape index (κ2) is 5.96. The van der Waals surface area contributed by atoms with Crippen LogP contribution in [-0.2, 0) is 0 Å². The predicted molar refractivity (Wildman–Crippen MR) is 69.6 cm³/mol. The SMILES string of the molecule is CSC(C)CNc1cccc(Cl)c1[N+](=O)[O-]. The van der Waals surface area contributed by atoms with Crippen molar-refractivity contribution >= 4 is 34.7 Å². The second-order valence-electron chi connectivity index (χ2n) is 3.32. The molecule has 1 unspecified atom stereocenters. The summed E-state index contributed by atoms with van der Waals surface area (Å²) in [5, 5.41) is 14.4. The van der Waals surface area contributed by atoms with Gasteiger partial charge in [0.05, 0.1) is 4.92 Å². The summed E-state index contributed by atoms with van der Waals surface area (Å²) in [6.45, 7) is 2.72. The van der Waals surface area contributed by atoms with Gasteiger partial charge in [-0.2, -0.15) is 11.8 Å². The Morgan fingerprint density at radius 3 is 2.88 bits per heavy atom. The molecule has 1 N–H and O–H groups in total. The largest absolute Gasteiger partial charge is 0.378 e. The van der Waals surface area contributed by atoms with Gasteiger partial charge in [-0.25, -0.2) is 0 Å². The Balaban J connectivity index is 2.87. The number of benzene rings is 1. The van der Waals surface area contributed by atoms with Crippen molar-refractivity contribution in [3.8, 4) is 0 Å². The van der Waals surface area contributed by atoms with E-state index in [-0.39, 0.29) is 10.7 Å². The van der Waals surface area contributed by atoms with Crippen LogP contribution in [0.5, 0.6) is 0 Å². The number of para-hydroxylation sites is 1. The van der Waals surface area contributed by atoms with Crippen LogP contribution in [0.25, 0.3) is 0 Å². The zero-order valence-corrected chi connectivity index (χ0v) is 10.6. The fourth-order valence-electron chi connectivity index (χ4n) is 1.18. The highest BCUT2D eigenvalue weighted by atomic mass is 35.5. The van der Waals surface area contributed by atoms with Gasteiger partial charge in [0, 0.05) is 11.8 Å². The summed E-state index contributed by atoms with van der Waals surface area (Å²) < 4.78 is 0. The van der Waals surface area contributed by atoms with Gasteiger partial charge in [0.2, 0.25) is 0 Å². The molecule has 0 saturated heterocycles. The molecule has 0 radical (unpaired) electrons. The van der Waals surface area contributed by atoms with E-state index in [2.05, 4.69) is 5.32 Å². The highest BCUT2D eigenvalue weighted by molar-refractivity contribution is 7.99. The Kier molecular flexibility index (Phi) is 4.89. The number of rotatable bonds is 5. The maximum Gasteiger partial charge on any atom is 0.310 e. The molecule has 6 heteroatoms. The van der Waals surface area contributed by atoms with Crippen molar-refractivity contribution in [3.63, 3.8) is 0 Å². The average molecular weight is 261 g/mol. The highest BCUT2D eigenvalue weighted by Gasteiger charge is 2.18. The second-order valence-corrected chi connectivity index (χ2v) is 5.00. The minimum absolute atomic E-state index is 0.0579. The summed E-state index contributed by atoms with van der Waals surface area (Å²) in [5.74, 6) is 0. The van der Waals surface area contributed by atoms with Crippen molar-refractivity contribution in [3.05, 3.63) is 33.3 Å². The van der Waals surface area contributed by atoms with E-state index in [9.17, 15) is 10.1 Å². The zero-order valence-electron chi connectivity index (χ0n) is 9.07. The van der Waals surface area contributed by atoms with E-state index in [0.29, 0.717) is 17.5 Å². The summed E-state index contributed by atoms with van der Waals surface area (Å²) in [4.78, 5) is 10.4. The molecule has 0 aliphatic rings. The highest BCUT2D eigenvalue weighted by Crippen LogP contribution is 2.32. The molecule has 16 heavy (non-hydrogen) atoms. The van der Waals surface area contributed by atoms with Gasteiger partial charge in [-0.3, -0.25) is 10.1 Å². The van der Waals surface area contributed by atoms with Crippen molar-refractivity contribution in [2.75, 3.05) is 18.1 Å². The summed E-state index contributed by atoms with van der Waals surface area (Å²) in [7, 11) is 0. The number of nitrogens with one attached hydrogen (secondary N) is 1. The molecule has 88 valence electrons. The van der Waals surface area contributed by atoms with Gasteiger partial charge < -0.3 is 5.32 Å². The molecule has 0 fully saturated rings. The van der Waals surface area contributed by atoms with Crippen LogP contribution < -0.4 is 5.32 Å². The van der Waals surface area contributed by atoms with E-state index in [4.69, 9.17) is 11.6 Å². The van der Waals surface area contributed by atoms with Crippen molar-refractivity contribution in [1.29, 1.82) is 0 Å². The summed E-state index contributed by atoms with van der Waals surface area (Å²) in [6, 6.07) is 4.88. The molecule has 1 aromatic carbocycles. The number of nitro groups is 1. The lowest BCUT2D eigenvalue weighted by atomic mass is 10.2. The molecule has 0 bridgehead atoms. The van der Waals surface area contributed by atoms with Crippen LogP contribution in [0.1, 0.15) is 6.92 Å². The Morgan fingerprint density at radius 2 is 2.31 bits per heavy atom. The minimum atomic E-state index is -0.464. The molecule has 0 saturated carbocycles. The number of nitrogens with zero attached hydrogens (tertiary/aromatic N) is 1. The first kappa shape index (κ1) is 13.1. The quantitative estimate of drug-likeness (QED) is 0.651. The number of hydrogen-bond donors (Lipinski definition) is 1. The molecule has 0 amide bonds. The third-order valence-corrected chi connectivity index (χ3v) is 3.43. The molecular weight excluding hydrogens is 248 g/mol. The maximum atomic E-state index is 10.8. The third kappa shape index (κ3) is 3.28. The van der Waals surface area contributed by atoms with Gasteiger partial charge in [-0.15, -0.1) is 0 Å². The number of halogens is 1. The van der Waals surface area contributed by atoms with Gasteiger partial charge in [0.25, 0.3) is 0 Å². The number of anilines is 1. The Labute approximate surface area is 104 Å². The lowest BCUT2D eigenvalue weighted by Gasteiger charge is -2.11. The Bertz CT molecular complexity index is 387. The summed E-state index contributed by atoms with van der Waals surface area (Å²) in [5.41, 5.74) is 0.413. The maximum absolute atomic E-state index is 10.8. The number of hydrogen-bond acceptors (Lipinski definition) is 4. The van der Waals surface area contributed by atoms with Gasteiger partial charge in [-0.05, 0) is 18.4 Å². The predicted octanol–water partition coefficient (Wildman–Crippen LogP) is 3.41. The normalized spacial score (nSPS) is 12.2. The molecule has 1 atom stereocenters. The fraction of sp³-hybridized carbons (Fsp3) is 0.400. The summed E-state index contributed by atoms with van der Waals surface area (Å²) in [6.07, 6.45) is 2.00. The average Bonchev–Trinajstić information content (AvgIpc) is 2.25. The van der Waals surface area contributed by atoms with Crippen LogP contribution in [0.2, 0.25) is 5.02 Å². The van der Waals surface area contributed by atoms with Gasteiger partial charge in [-0.1, -0.05) is 24.6 Å². The number of nitro benzene ring substituents is 1. The smallest absolute Gasteiger partial charge is 0.310 e.